The Bertz CT molecular complexity index is 298. The van der Waals surface area contributed by atoms with Gasteiger partial charge in [0, 0.05) is 11.8 Å². The lowest BCUT2D eigenvalue weighted by atomic mass is 10.1. The van der Waals surface area contributed by atoms with Gasteiger partial charge >= 0.3 is 0 Å². The van der Waals surface area contributed by atoms with Crippen LogP contribution in [0.5, 0.6) is 0 Å². The zero-order chi connectivity index (χ0) is 10.6. The third-order valence-electron chi connectivity index (χ3n) is 1.80. The molecule has 2 atom stereocenters. The second-order valence-electron chi connectivity index (χ2n) is 2.83. The van der Waals surface area contributed by atoms with Crippen molar-refractivity contribution in [3.8, 4) is 0 Å². The highest BCUT2D eigenvalue weighted by Gasteiger charge is 2.18. The first-order chi connectivity index (χ1) is 6.69. The fraction of sp³-hybridized carbons (Fsp3) is 0.333. The molecule has 0 spiro atoms. The van der Waals surface area contributed by atoms with E-state index in [1.54, 1.807) is 0 Å². The van der Waals surface area contributed by atoms with Crippen molar-refractivity contribution in [2.75, 3.05) is 6.61 Å². The van der Waals surface area contributed by atoms with Crippen LogP contribution in [0.1, 0.15) is 22.2 Å². The number of nitrogens with zero attached hydrogens (tertiary/aromatic N) is 1. The summed E-state index contributed by atoms with van der Waals surface area (Å²) in [6, 6.07) is 2.90. The molecule has 0 aromatic carbocycles. The number of carbonyl (C=O) groups excluding carboxylic acids is 1. The van der Waals surface area contributed by atoms with Crippen LogP contribution in [-0.2, 0) is 0 Å². The van der Waals surface area contributed by atoms with Crippen LogP contribution in [0.2, 0.25) is 0 Å². The van der Waals surface area contributed by atoms with Gasteiger partial charge in [-0.25, -0.2) is 0 Å². The molecule has 0 aliphatic carbocycles. The van der Waals surface area contributed by atoms with Gasteiger partial charge in [0.15, 0.2) is 6.29 Å². The largest absolute Gasteiger partial charge is 0.394 e. The van der Waals surface area contributed by atoms with Gasteiger partial charge in [-0.3, -0.25) is 9.78 Å². The molecule has 0 radical (unpaired) electrons. The zero-order valence-corrected chi connectivity index (χ0v) is 7.37. The lowest BCUT2D eigenvalue weighted by molar-refractivity contribution is -0.0172. The van der Waals surface area contributed by atoms with E-state index in [2.05, 4.69) is 4.98 Å². The fourth-order valence-electron chi connectivity index (χ4n) is 0.958. The van der Waals surface area contributed by atoms with Crippen molar-refractivity contribution < 1.29 is 20.1 Å². The molecule has 0 bridgehead atoms. The summed E-state index contributed by atoms with van der Waals surface area (Å²) < 4.78 is 0. The van der Waals surface area contributed by atoms with Crippen LogP contribution in [0, 0.1) is 0 Å². The van der Waals surface area contributed by atoms with Crippen molar-refractivity contribution in [1.82, 2.24) is 4.98 Å². The molecule has 14 heavy (non-hydrogen) atoms. The Morgan fingerprint density at radius 1 is 1.43 bits per heavy atom. The van der Waals surface area contributed by atoms with Crippen molar-refractivity contribution in [1.29, 1.82) is 0 Å². The first-order valence-corrected chi connectivity index (χ1v) is 4.07. The lowest BCUT2D eigenvalue weighted by Gasteiger charge is -2.14. The summed E-state index contributed by atoms with van der Waals surface area (Å²) in [5.74, 6) is 0. The standard InChI is InChI=1S/C9H11NO4/c11-4-6-1-2-7(10-3-6)9(14)8(13)5-12/h1-4,8-9,12-14H,5H2. The number of aliphatic hydroxyl groups excluding tert-OH is 3. The van der Waals surface area contributed by atoms with Crippen molar-refractivity contribution in [2.24, 2.45) is 0 Å². The molecule has 5 heteroatoms. The van der Waals surface area contributed by atoms with Gasteiger partial charge < -0.3 is 15.3 Å². The van der Waals surface area contributed by atoms with Gasteiger partial charge in [0.25, 0.3) is 0 Å². The number of rotatable bonds is 4. The minimum Gasteiger partial charge on any atom is -0.394 e. The van der Waals surface area contributed by atoms with Crippen LogP contribution in [0.25, 0.3) is 0 Å². The highest BCUT2D eigenvalue weighted by molar-refractivity contribution is 5.73. The highest BCUT2D eigenvalue weighted by atomic mass is 16.4. The van der Waals surface area contributed by atoms with Crippen LogP contribution < -0.4 is 0 Å². The summed E-state index contributed by atoms with van der Waals surface area (Å²) in [7, 11) is 0. The Balaban J connectivity index is 2.80. The Morgan fingerprint density at radius 3 is 2.57 bits per heavy atom. The Kier molecular flexibility index (Phi) is 3.70. The third-order valence-corrected chi connectivity index (χ3v) is 1.80. The van der Waals surface area contributed by atoms with Crippen LogP contribution in [0.4, 0.5) is 0 Å². The number of pyridine rings is 1. The molecular formula is C9H11NO4. The van der Waals surface area contributed by atoms with Crippen molar-refractivity contribution in [2.45, 2.75) is 12.2 Å². The Hall–Kier alpha value is -1.30. The average molecular weight is 197 g/mol. The molecule has 0 amide bonds. The Morgan fingerprint density at radius 2 is 2.14 bits per heavy atom. The maximum Gasteiger partial charge on any atom is 0.151 e. The van der Waals surface area contributed by atoms with Crippen LogP contribution in [0.15, 0.2) is 18.3 Å². The second kappa shape index (κ2) is 4.80. The monoisotopic (exact) mass is 197 g/mol. The first-order valence-electron chi connectivity index (χ1n) is 4.07. The van der Waals surface area contributed by atoms with Gasteiger partial charge in [-0.05, 0) is 12.1 Å². The smallest absolute Gasteiger partial charge is 0.151 e. The topological polar surface area (TPSA) is 90.7 Å². The van der Waals surface area contributed by atoms with Crippen molar-refractivity contribution in [3.63, 3.8) is 0 Å². The van der Waals surface area contributed by atoms with E-state index in [0.717, 1.165) is 0 Å². The SMILES string of the molecule is O=Cc1ccc(C(O)C(O)CO)nc1. The summed E-state index contributed by atoms with van der Waals surface area (Å²) >= 11 is 0. The predicted octanol–water partition coefficient (Wildman–Crippen LogP) is -0.719. The van der Waals surface area contributed by atoms with Gasteiger partial charge in [-0.15, -0.1) is 0 Å². The number of aldehydes is 1. The molecule has 1 aromatic heterocycles. The number of aliphatic hydroxyl groups is 3. The van der Waals surface area contributed by atoms with E-state index in [-0.39, 0.29) is 5.69 Å². The lowest BCUT2D eigenvalue weighted by Crippen LogP contribution is -2.22. The number of carbonyl (C=O) groups is 1. The van der Waals surface area contributed by atoms with E-state index in [0.29, 0.717) is 11.8 Å². The predicted molar refractivity (Wildman–Crippen MR) is 47.7 cm³/mol. The normalized spacial score (nSPS) is 14.8. The molecule has 0 saturated heterocycles. The quantitative estimate of drug-likeness (QED) is 0.554. The van der Waals surface area contributed by atoms with E-state index in [4.69, 9.17) is 10.2 Å². The van der Waals surface area contributed by atoms with Crippen molar-refractivity contribution >= 4 is 6.29 Å². The molecule has 3 N–H and O–H groups in total. The van der Waals surface area contributed by atoms with E-state index in [1.165, 1.54) is 18.3 Å². The second-order valence-corrected chi connectivity index (χ2v) is 2.83. The maximum atomic E-state index is 10.3. The molecule has 0 fully saturated rings. The first kappa shape index (κ1) is 10.8. The molecule has 0 aliphatic heterocycles. The minimum atomic E-state index is -1.26. The van der Waals surface area contributed by atoms with Gasteiger partial charge in [0.2, 0.25) is 0 Å². The summed E-state index contributed by atoms with van der Waals surface area (Å²) in [6.07, 6.45) is -0.577. The zero-order valence-electron chi connectivity index (χ0n) is 7.37. The number of hydrogen-bond donors (Lipinski definition) is 3. The van der Waals surface area contributed by atoms with Crippen LogP contribution >= 0.6 is 0 Å². The molecule has 2 unspecified atom stereocenters. The van der Waals surface area contributed by atoms with E-state index >= 15 is 0 Å². The third kappa shape index (κ3) is 2.35. The number of aromatic nitrogens is 1. The minimum absolute atomic E-state index is 0.220. The highest BCUT2D eigenvalue weighted by Crippen LogP contribution is 2.13. The number of hydrogen-bond acceptors (Lipinski definition) is 5. The van der Waals surface area contributed by atoms with Crippen LogP contribution in [0.3, 0.4) is 0 Å². The Labute approximate surface area is 80.7 Å². The van der Waals surface area contributed by atoms with Gasteiger partial charge in [0.05, 0.1) is 12.3 Å². The fourth-order valence-corrected chi connectivity index (χ4v) is 0.958. The molecule has 5 nitrogen and oxygen atoms in total. The summed E-state index contributed by atoms with van der Waals surface area (Å²) in [5.41, 5.74) is 0.608. The van der Waals surface area contributed by atoms with Crippen molar-refractivity contribution in [3.05, 3.63) is 29.6 Å². The molecule has 1 aromatic rings. The van der Waals surface area contributed by atoms with Gasteiger partial charge in [-0.2, -0.15) is 0 Å². The summed E-state index contributed by atoms with van der Waals surface area (Å²) in [6.45, 7) is -0.543. The van der Waals surface area contributed by atoms with E-state index in [1.807, 2.05) is 0 Å². The molecule has 76 valence electrons. The molecule has 0 aliphatic rings. The van der Waals surface area contributed by atoms with Crippen LogP contribution in [-0.4, -0.2) is 39.3 Å². The molecular weight excluding hydrogens is 186 g/mol. The molecule has 1 rings (SSSR count). The van der Waals surface area contributed by atoms with Gasteiger partial charge in [-0.1, -0.05) is 0 Å². The maximum absolute atomic E-state index is 10.3. The van der Waals surface area contributed by atoms with Gasteiger partial charge in [0.1, 0.15) is 12.2 Å². The average Bonchev–Trinajstić information content (AvgIpc) is 2.27. The van der Waals surface area contributed by atoms with E-state index in [9.17, 15) is 9.90 Å². The molecule has 1 heterocycles. The summed E-state index contributed by atoms with van der Waals surface area (Å²) in [4.78, 5) is 14.1. The molecule has 0 saturated carbocycles. The van der Waals surface area contributed by atoms with E-state index < -0.39 is 18.8 Å². The summed E-state index contributed by atoms with van der Waals surface area (Å²) in [5, 5.41) is 27.1.